The van der Waals surface area contributed by atoms with E-state index < -0.39 is 11.9 Å². The van der Waals surface area contributed by atoms with E-state index in [4.69, 9.17) is 10.8 Å². The van der Waals surface area contributed by atoms with Gasteiger partial charge in [-0.25, -0.2) is 0 Å². The van der Waals surface area contributed by atoms with Gasteiger partial charge < -0.3 is 10.8 Å². The zero-order valence-electron chi connectivity index (χ0n) is 11.2. The maximum Gasteiger partial charge on any atom is 0.309 e. The van der Waals surface area contributed by atoms with Gasteiger partial charge in [-0.2, -0.15) is 0 Å². The van der Waals surface area contributed by atoms with Gasteiger partial charge in [-0.1, -0.05) is 42.5 Å². The fraction of sp³-hybridized carbons (Fsp3) is 0.312. The van der Waals surface area contributed by atoms with Crippen LogP contribution in [-0.2, 0) is 11.3 Å². The zero-order chi connectivity index (χ0) is 14.1. The summed E-state index contributed by atoms with van der Waals surface area (Å²) in [6.45, 7) is 1.92. The van der Waals surface area contributed by atoms with E-state index in [2.05, 4.69) is 29.2 Å². The Kier molecular flexibility index (Phi) is 3.42. The number of aliphatic carboxylic acids is 1. The molecule has 1 heterocycles. The lowest BCUT2D eigenvalue weighted by Crippen LogP contribution is -2.33. The van der Waals surface area contributed by atoms with E-state index in [1.54, 1.807) is 0 Å². The molecule has 4 nitrogen and oxygen atoms in total. The topological polar surface area (TPSA) is 66.6 Å². The molecule has 0 bridgehead atoms. The first-order chi connectivity index (χ1) is 9.65. The van der Waals surface area contributed by atoms with E-state index in [-0.39, 0.29) is 6.04 Å². The Labute approximate surface area is 117 Å². The summed E-state index contributed by atoms with van der Waals surface area (Å²) >= 11 is 0. The van der Waals surface area contributed by atoms with E-state index in [9.17, 15) is 4.79 Å². The molecule has 2 aromatic carbocycles. The van der Waals surface area contributed by atoms with Gasteiger partial charge in [0.1, 0.15) is 0 Å². The van der Waals surface area contributed by atoms with Gasteiger partial charge in [0.15, 0.2) is 0 Å². The highest BCUT2D eigenvalue weighted by Crippen LogP contribution is 2.23. The summed E-state index contributed by atoms with van der Waals surface area (Å²) in [5, 5.41) is 11.6. The molecule has 0 spiro atoms. The number of nitrogens with zero attached hydrogens (tertiary/aromatic N) is 1. The quantitative estimate of drug-likeness (QED) is 0.890. The van der Waals surface area contributed by atoms with Crippen molar-refractivity contribution in [2.24, 2.45) is 11.7 Å². The van der Waals surface area contributed by atoms with Gasteiger partial charge in [-0.15, -0.1) is 0 Å². The summed E-state index contributed by atoms with van der Waals surface area (Å²) in [7, 11) is 0. The standard InChI is InChI=1S/C16H18N2O2/c17-15-10-18(9-14(15)16(19)20)8-12-6-3-5-11-4-1-2-7-13(11)12/h1-7,14-15H,8-10,17H2,(H,19,20)/t14-,15-/m1/s1. The molecule has 1 saturated heterocycles. The number of likely N-dealkylation sites (tertiary alicyclic amines) is 1. The molecule has 3 N–H and O–H groups in total. The smallest absolute Gasteiger partial charge is 0.309 e. The van der Waals surface area contributed by atoms with Crippen molar-refractivity contribution in [1.29, 1.82) is 0 Å². The highest BCUT2D eigenvalue weighted by Gasteiger charge is 2.35. The molecule has 2 atom stereocenters. The van der Waals surface area contributed by atoms with Crippen molar-refractivity contribution in [3.8, 4) is 0 Å². The number of hydrogen-bond donors (Lipinski definition) is 2. The molecule has 0 aliphatic carbocycles. The Hall–Kier alpha value is -1.91. The molecule has 104 valence electrons. The maximum atomic E-state index is 11.1. The Morgan fingerprint density at radius 1 is 1.20 bits per heavy atom. The van der Waals surface area contributed by atoms with E-state index in [1.165, 1.54) is 16.3 Å². The fourth-order valence-electron chi connectivity index (χ4n) is 2.98. The summed E-state index contributed by atoms with van der Waals surface area (Å²) in [5.74, 6) is -1.25. The van der Waals surface area contributed by atoms with E-state index in [0.717, 1.165) is 6.54 Å². The molecule has 3 rings (SSSR count). The molecular weight excluding hydrogens is 252 g/mol. The summed E-state index contributed by atoms with van der Waals surface area (Å²) in [5.41, 5.74) is 7.14. The van der Waals surface area contributed by atoms with Crippen molar-refractivity contribution < 1.29 is 9.90 Å². The molecule has 0 unspecified atom stereocenters. The monoisotopic (exact) mass is 270 g/mol. The maximum absolute atomic E-state index is 11.1. The van der Waals surface area contributed by atoms with Gasteiger partial charge in [-0.05, 0) is 16.3 Å². The van der Waals surface area contributed by atoms with E-state index in [1.807, 2.05) is 18.2 Å². The van der Waals surface area contributed by atoms with Gasteiger partial charge in [0.25, 0.3) is 0 Å². The molecule has 0 saturated carbocycles. The molecule has 4 heteroatoms. The molecule has 1 aliphatic heterocycles. The first-order valence-corrected chi connectivity index (χ1v) is 6.82. The summed E-state index contributed by atoms with van der Waals surface area (Å²) < 4.78 is 0. The molecule has 0 amide bonds. The molecule has 0 radical (unpaired) electrons. The number of rotatable bonds is 3. The number of benzene rings is 2. The SMILES string of the molecule is N[C@@H]1CN(Cc2cccc3ccccc23)C[C@H]1C(=O)O. The van der Waals surface area contributed by atoms with Crippen LogP contribution in [0.2, 0.25) is 0 Å². The van der Waals surface area contributed by atoms with Crippen LogP contribution in [0.3, 0.4) is 0 Å². The van der Waals surface area contributed by atoms with Crippen LogP contribution in [0.5, 0.6) is 0 Å². The lowest BCUT2D eigenvalue weighted by Gasteiger charge is -2.16. The van der Waals surface area contributed by atoms with Crippen LogP contribution in [0.4, 0.5) is 0 Å². The van der Waals surface area contributed by atoms with E-state index >= 15 is 0 Å². The Morgan fingerprint density at radius 2 is 1.95 bits per heavy atom. The van der Waals surface area contributed by atoms with Crippen molar-refractivity contribution in [2.75, 3.05) is 13.1 Å². The van der Waals surface area contributed by atoms with E-state index in [0.29, 0.717) is 13.1 Å². The second-order valence-corrected chi connectivity index (χ2v) is 5.44. The zero-order valence-corrected chi connectivity index (χ0v) is 11.2. The number of carbonyl (C=O) groups is 1. The van der Waals surface area contributed by atoms with Crippen LogP contribution < -0.4 is 5.73 Å². The third-order valence-electron chi connectivity index (χ3n) is 4.03. The molecule has 2 aromatic rings. The molecule has 0 aromatic heterocycles. The minimum atomic E-state index is -0.794. The van der Waals surface area contributed by atoms with Gasteiger partial charge in [0, 0.05) is 25.7 Å². The van der Waals surface area contributed by atoms with Crippen molar-refractivity contribution in [1.82, 2.24) is 4.90 Å². The molecular formula is C16H18N2O2. The minimum Gasteiger partial charge on any atom is -0.481 e. The summed E-state index contributed by atoms with van der Waals surface area (Å²) in [6.07, 6.45) is 0. The Balaban J connectivity index is 1.82. The highest BCUT2D eigenvalue weighted by atomic mass is 16.4. The second-order valence-electron chi connectivity index (χ2n) is 5.44. The van der Waals surface area contributed by atoms with Gasteiger partial charge in [-0.3, -0.25) is 9.69 Å². The number of carboxylic acid groups (broad SMARTS) is 1. The van der Waals surface area contributed by atoms with Crippen LogP contribution in [0.25, 0.3) is 10.8 Å². The molecule has 1 fully saturated rings. The average Bonchev–Trinajstić information content (AvgIpc) is 2.80. The van der Waals surface area contributed by atoms with Crippen LogP contribution in [0, 0.1) is 5.92 Å². The average molecular weight is 270 g/mol. The van der Waals surface area contributed by atoms with Crippen LogP contribution in [0.15, 0.2) is 42.5 Å². The number of carboxylic acids is 1. The first-order valence-electron chi connectivity index (χ1n) is 6.82. The van der Waals surface area contributed by atoms with Crippen LogP contribution in [-0.4, -0.2) is 35.1 Å². The summed E-state index contributed by atoms with van der Waals surface area (Å²) in [6, 6.07) is 14.2. The highest BCUT2D eigenvalue weighted by molar-refractivity contribution is 5.85. The van der Waals surface area contributed by atoms with Crippen LogP contribution in [0.1, 0.15) is 5.56 Å². The second kappa shape index (κ2) is 5.23. The van der Waals surface area contributed by atoms with Crippen molar-refractivity contribution >= 4 is 16.7 Å². The van der Waals surface area contributed by atoms with Gasteiger partial charge in [0.05, 0.1) is 5.92 Å². The van der Waals surface area contributed by atoms with Gasteiger partial charge >= 0.3 is 5.97 Å². The molecule has 20 heavy (non-hydrogen) atoms. The summed E-state index contributed by atoms with van der Waals surface area (Å²) in [4.78, 5) is 13.2. The molecule has 1 aliphatic rings. The van der Waals surface area contributed by atoms with Crippen molar-refractivity contribution in [3.63, 3.8) is 0 Å². The largest absolute Gasteiger partial charge is 0.481 e. The third kappa shape index (κ3) is 2.40. The van der Waals surface area contributed by atoms with Crippen molar-refractivity contribution in [3.05, 3.63) is 48.0 Å². The lowest BCUT2D eigenvalue weighted by atomic mass is 10.0. The fourth-order valence-corrected chi connectivity index (χ4v) is 2.98. The lowest BCUT2D eigenvalue weighted by molar-refractivity contribution is -0.141. The predicted molar refractivity (Wildman–Crippen MR) is 78.3 cm³/mol. The Morgan fingerprint density at radius 3 is 2.70 bits per heavy atom. The van der Waals surface area contributed by atoms with Gasteiger partial charge in [0.2, 0.25) is 0 Å². The number of hydrogen-bond acceptors (Lipinski definition) is 3. The van der Waals surface area contributed by atoms with Crippen molar-refractivity contribution in [2.45, 2.75) is 12.6 Å². The third-order valence-corrected chi connectivity index (χ3v) is 4.03. The number of fused-ring (bicyclic) bond motifs is 1. The predicted octanol–water partition coefficient (Wildman–Crippen LogP) is 1.68. The minimum absolute atomic E-state index is 0.275. The first kappa shape index (κ1) is 13.1. The normalized spacial score (nSPS) is 23.2. The van der Waals surface area contributed by atoms with Crippen LogP contribution >= 0.6 is 0 Å². The number of nitrogens with two attached hydrogens (primary N) is 1. The Bertz CT molecular complexity index is 636.